The predicted octanol–water partition coefficient (Wildman–Crippen LogP) is 4.55. The van der Waals surface area contributed by atoms with Crippen molar-refractivity contribution in [1.29, 1.82) is 0 Å². The van der Waals surface area contributed by atoms with E-state index in [2.05, 4.69) is 62.3 Å². The zero-order valence-electron chi connectivity index (χ0n) is 12.6. The van der Waals surface area contributed by atoms with Crippen molar-refractivity contribution >= 4 is 23.1 Å². The normalized spacial score (nSPS) is 11.2. The van der Waals surface area contributed by atoms with Gasteiger partial charge in [-0.15, -0.1) is 23.1 Å². The molecule has 0 spiro atoms. The Bertz CT molecular complexity index is 561. The minimum atomic E-state index is 0.515. The van der Waals surface area contributed by atoms with Crippen LogP contribution in [0.5, 0.6) is 0 Å². The SMILES string of the molecule is Cc1cccc(SCc2nc(C)c(CNC(C)C)s2)c1. The third-order valence-corrected chi connectivity index (χ3v) is 5.30. The van der Waals surface area contributed by atoms with Gasteiger partial charge in [0.2, 0.25) is 0 Å². The summed E-state index contributed by atoms with van der Waals surface area (Å²) < 4.78 is 0. The van der Waals surface area contributed by atoms with Crippen LogP contribution in [0, 0.1) is 13.8 Å². The fourth-order valence-corrected chi connectivity index (χ4v) is 3.89. The second kappa shape index (κ2) is 7.25. The molecular weight excluding hydrogens is 284 g/mol. The molecule has 20 heavy (non-hydrogen) atoms. The summed E-state index contributed by atoms with van der Waals surface area (Å²) in [5.41, 5.74) is 2.48. The van der Waals surface area contributed by atoms with E-state index in [1.807, 2.05) is 23.1 Å². The van der Waals surface area contributed by atoms with Gasteiger partial charge in [-0.25, -0.2) is 4.98 Å². The maximum absolute atomic E-state index is 4.68. The van der Waals surface area contributed by atoms with E-state index >= 15 is 0 Å². The van der Waals surface area contributed by atoms with E-state index in [-0.39, 0.29) is 0 Å². The summed E-state index contributed by atoms with van der Waals surface area (Å²) in [6.45, 7) is 9.51. The monoisotopic (exact) mass is 306 g/mol. The summed E-state index contributed by atoms with van der Waals surface area (Å²) in [6.07, 6.45) is 0. The van der Waals surface area contributed by atoms with Gasteiger partial charge in [0.1, 0.15) is 5.01 Å². The lowest BCUT2D eigenvalue weighted by Crippen LogP contribution is -2.21. The number of benzene rings is 1. The first-order valence-corrected chi connectivity index (χ1v) is 8.73. The molecule has 0 atom stereocenters. The fraction of sp³-hybridized carbons (Fsp3) is 0.438. The zero-order chi connectivity index (χ0) is 14.5. The van der Waals surface area contributed by atoms with Crippen molar-refractivity contribution in [3.05, 3.63) is 45.4 Å². The molecule has 0 amide bonds. The number of hydrogen-bond donors (Lipinski definition) is 1. The average Bonchev–Trinajstić information content (AvgIpc) is 2.75. The lowest BCUT2D eigenvalue weighted by atomic mass is 10.2. The molecule has 4 heteroatoms. The molecule has 0 aliphatic heterocycles. The highest BCUT2D eigenvalue weighted by atomic mass is 32.2. The van der Waals surface area contributed by atoms with Gasteiger partial charge >= 0.3 is 0 Å². The molecular formula is C16H22N2S2. The van der Waals surface area contributed by atoms with E-state index in [0.717, 1.165) is 12.3 Å². The van der Waals surface area contributed by atoms with Crippen molar-refractivity contribution < 1.29 is 0 Å². The predicted molar refractivity (Wildman–Crippen MR) is 89.6 cm³/mol. The second-order valence-corrected chi connectivity index (χ2v) is 7.47. The molecule has 2 nitrogen and oxygen atoms in total. The molecule has 0 unspecified atom stereocenters. The van der Waals surface area contributed by atoms with Crippen LogP contribution in [0.3, 0.4) is 0 Å². The van der Waals surface area contributed by atoms with Gasteiger partial charge in [-0.3, -0.25) is 0 Å². The van der Waals surface area contributed by atoms with Gasteiger partial charge in [-0.1, -0.05) is 31.5 Å². The van der Waals surface area contributed by atoms with Crippen LogP contribution in [0.25, 0.3) is 0 Å². The van der Waals surface area contributed by atoms with Gasteiger partial charge in [0.25, 0.3) is 0 Å². The minimum absolute atomic E-state index is 0.515. The minimum Gasteiger partial charge on any atom is -0.310 e. The molecule has 0 bridgehead atoms. The Balaban J connectivity index is 1.95. The molecule has 1 heterocycles. The van der Waals surface area contributed by atoms with Crippen LogP contribution in [0.4, 0.5) is 0 Å². The van der Waals surface area contributed by atoms with Crippen molar-refractivity contribution in [1.82, 2.24) is 10.3 Å². The third-order valence-electron chi connectivity index (χ3n) is 2.96. The van der Waals surface area contributed by atoms with E-state index in [1.54, 1.807) is 0 Å². The number of thioether (sulfide) groups is 1. The highest BCUT2D eigenvalue weighted by molar-refractivity contribution is 7.98. The van der Waals surface area contributed by atoms with Crippen LogP contribution in [0.15, 0.2) is 29.2 Å². The zero-order valence-corrected chi connectivity index (χ0v) is 14.2. The Morgan fingerprint density at radius 1 is 1.30 bits per heavy atom. The Labute approximate surface area is 130 Å². The number of thiazole rings is 1. The number of hydrogen-bond acceptors (Lipinski definition) is 4. The van der Waals surface area contributed by atoms with E-state index in [1.165, 1.54) is 26.0 Å². The number of nitrogens with zero attached hydrogens (tertiary/aromatic N) is 1. The Morgan fingerprint density at radius 2 is 2.10 bits per heavy atom. The molecule has 0 saturated heterocycles. The summed E-state index contributed by atoms with van der Waals surface area (Å²) in [4.78, 5) is 7.36. The van der Waals surface area contributed by atoms with Crippen molar-refractivity contribution in [2.75, 3.05) is 0 Å². The van der Waals surface area contributed by atoms with Crippen molar-refractivity contribution in [3.8, 4) is 0 Å². The van der Waals surface area contributed by atoms with Crippen LogP contribution in [-0.4, -0.2) is 11.0 Å². The van der Waals surface area contributed by atoms with Crippen molar-refractivity contribution in [3.63, 3.8) is 0 Å². The second-order valence-electron chi connectivity index (χ2n) is 5.26. The van der Waals surface area contributed by atoms with Crippen molar-refractivity contribution in [2.45, 2.75) is 50.9 Å². The third kappa shape index (κ3) is 4.62. The lowest BCUT2D eigenvalue weighted by Gasteiger charge is -2.05. The van der Waals surface area contributed by atoms with Gasteiger partial charge in [0.15, 0.2) is 0 Å². The molecule has 0 radical (unpaired) electrons. The highest BCUT2D eigenvalue weighted by Crippen LogP contribution is 2.27. The van der Waals surface area contributed by atoms with Crippen LogP contribution in [0.2, 0.25) is 0 Å². The van der Waals surface area contributed by atoms with Crippen molar-refractivity contribution in [2.24, 2.45) is 0 Å². The summed E-state index contributed by atoms with van der Waals surface area (Å²) in [5, 5.41) is 4.68. The maximum atomic E-state index is 4.68. The number of aromatic nitrogens is 1. The highest BCUT2D eigenvalue weighted by Gasteiger charge is 2.08. The van der Waals surface area contributed by atoms with Gasteiger partial charge < -0.3 is 5.32 Å². The van der Waals surface area contributed by atoms with Gasteiger partial charge in [-0.05, 0) is 26.0 Å². The first-order chi connectivity index (χ1) is 9.54. The van der Waals surface area contributed by atoms with E-state index in [4.69, 9.17) is 0 Å². The summed E-state index contributed by atoms with van der Waals surface area (Å²) in [6, 6.07) is 9.16. The standard InChI is InChI=1S/C16H22N2S2/c1-11(2)17-9-15-13(4)18-16(20-15)10-19-14-7-5-6-12(3)8-14/h5-8,11,17H,9-10H2,1-4H3. The molecule has 0 aliphatic rings. The maximum Gasteiger partial charge on any atom is 0.103 e. The number of rotatable bonds is 6. The molecule has 1 aromatic heterocycles. The first kappa shape index (κ1) is 15.5. The van der Waals surface area contributed by atoms with E-state index in [0.29, 0.717) is 6.04 Å². The smallest absolute Gasteiger partial charge is 0.103 e. The fourth-order valence-electron chi connectivity index (χ4n) is 1.86. The Morgan fingerprint density at radius 3 is 2.80 bits per heavy atom. The molecule has 0 saturated carbocycles. The topological polar surface area (TPSA) is 24.9 Å². The van der Waals surface area contributed by atoms with Crippen LogP contribution < -0.4 is 5.32 Å². The Hall–Kier alpha value is -0.840. The summed E-state index contributed by atoms with van der Waals surface area (Å²) in [7, 11) is 0. The van der Waals surface area contributed by atoms with Gasteiger partial charge in [-0.2, -0.15) is 0 Å². The van der Waals surface area contributed by atoms with Gasteiger partial charge in [0, 0.05) is 22.4 Å². The largest absolute Gasteiger partial charge is 0.310 e. The molecule has 108 valence electrons. The molecule has 1 aromatic carbocycles. The first-order valence-electron chi connectivity index (χ1n) is 6.92. The average molecular weight is 307 g/mol. The van der Waals surface area contributed by atoms with Crippen LogP contribution >= 0.6 is 23.1 Å². The molecule has 0 fully saturated rings. The van der Waals surface area contributed by atoms with Crippen LogP contribution in [0.1, 0.15) is 35.0 Å². The lowest BCUT2D eigenvalue weighted by molar-refractivity contribution is 0.591. The molecule has 0 aliphatic carbocycles. The van der Waals surface area contributed by atoms with E-state index in [9.17, 15) is 0 Å². The van der Waals surface area contributed by atoms with Gasteiger partial charge in [0.05, 0.1) is 11.4 Å². The summed E-state index contributed by atoms with van der Waals surface area (Å²) >= 11 is 3.69. The Kier molecular flexibility index (Phi) is 5.64. The van der Waals surface area contributed by atoms with Crippen LogP contribution in [-0.2, 0) is 12.3 Å². The number of aryl methyl sites for hydroxylation is 2. The molecule has 1 N–H and O–H groups in total. The molecule has 2 aromatic rings. The van der Waals surface area contributed by atoms with E-state index < -0.39 is 0 Å². The molecule has 2 rings (SSSR count). The quantitative estimate of drug-likeness (QED) is 0.793. The number of nitrogens with one attached hydrogen (secondary N) is 1. The summed E-state index contributed by atoms with van der Waals surface area (Å²) in [5.74, 6) is 0.955.